The molecule has 1 aliphatic rings. The van der Waals surface area contributed by atoms with Crippen LogP contribution in [-0.4, -0.2) is 35.6 Å². The molecule has 2 aromatic carbocycles. The lowest BCUT2D eigenvalue weighted by Crippen LogP contribution is -2.53. The van der Waals surface area contributed by atoms with Crippen LogP contribution < -0.4 is 10.6 Å². The highest BCUT2D eigenvalue weighted by molar-refractivity contribution is 5.90. The van der Waals surface area contributed by atoms with Gasteiger partial charge in [-0.15, -0.1) is 0 Å². The van der Waals surface area contributed by atoms with Crippen LogP contribution >= 0.6 is 0 Å². The Balaban J connectivity index is 1.57. The van der Waals surface area contributed by atoms with E-state index in [0.717, 1.165) is 18.4 Å². The zero-order chi connectivity index (χ0) is 17.8. The predicted octanol–water partition coefficient (Wildman–Crippen LogP) is 1.77. The smallest absolute Gasteiger partial charge is 0.245 e. The fourth-order valence-electron chi connectivity index (χ4n) is 2.96. The molecule has 2 atom stereocenters. The maximum atomic E-state index is 12.3. The molecule has 0 spiro atoms. The molecule has 1 saturated carbocycles. The number of carbonyl (C=O) groups is 2. The van der Waals surface area contributed by atoms with Crippen molar-refractivity contribution in [1.29, 1.82) is 0 Å². The number of hydrogen-bond acceptors (Lipinski definition) is 3. The Labute approximate surface area is 147 Å². The van der Waals surface area contributed by atoms with E-state index in [9.17, 15) is 14.7 Å². The monoisotopic (exact) mass is 340 g/mol. The number of aliphatic hydroxyl groups excluding tert-OH is 1. The highest BCUT2D eigenvalue weighted by Crippen LogP contribution is 2.29. The Bertz CT molecular complexity index is 763. The van der Waals surface area contributed by atoms with E-state index in [1.165, 1.54) is 17.7 Å². The summed E-state index contributed by atoms with van der Waals surface area (Å²) in [5.41, 5.74) is 1.16. The first kappa shape index (κ1) is 17.4. The molecule has 0 aliphatic heterocycles. The van der Waals surface area contributed by atoms with Crippen molar-refractivity contribution in [2.75, 3.05) is 6.54 Å². The second kappa shape index (κ2) is 7.66. The van der Waals surface area contributed by atoms with Crippen LogP contribution in [0.4, 0.5) is 0 Å². The van der Waals surface area contributed by atoms with Gasteiger partial charge in [0.25, 0.3) is 0 Å². The van der Waals surface area contributed by atoms with Gasteiger partial charge in [0.1, 0.15) is 6.04 Å². The summed E-state index contributed by atoms with van der Waals surface area (Å²) < 4.78 is 0. The first-order chi connectivity index (χ1) is 12.1. The standard InChI is InChI=1S/C20H24N2O3/c1-13(23)18(22-19(24)16-9-10-16)20(25)21-12-11-15-7-4-6-14-5-2-3-8-17(14)15/h2-8,13,16,18,23H,9-12H2,1H3,(H,21,25)(H,22,24). The van der Waals surface area contributed by atoms with Crippen LogP contribution in [0.5, 0.6) is 0 Å². The number of nitrogens with one attached hydrogen (secondary N) is 2. The highest BCUT2D eigenvalue weighted by Gasteiger charge is 2.34. The van der Waals surface area contributed by atoms with Gasteiger partial charge >= 0.3 is 0 Å². The number of amides is 2. The van der Waals surface area contributed by atoms with Gasteiger partial charge in [-0.3, -0.25) is 9.59 Å². The van der Waals surface area contributed by atoms with E-state index >= 15 is 0 Å². The summed E-state index contributed by atoms with van der Waals surface area (Å²) in [5, 5.41) is 17.6. The summed E-state index contributed by atoms with van der Waals surface area (Å²) in [6, 6.07) is 13.4. The summed E-state index contributed by atoms with van der Waals surface area (Å²) in [6.45, 7) is 1.97. The first-order valence-corrected chi connectivity index (χ1v) is 8.79. The number of carbonyl (C=O) groups excluding carboxylic acids is 2. The van der Waals surface area contributed by atoms with E-state index in [-0.39, 0.29) is 17.7 Å². The molecule has 0 saturated heterocycles. The molecule has 1 fully saturated rings. The molecule has 0 heterocycles. The fourth-order valence-corrected chi connectivity index (χ4v) is 2.96. The Kier molecular flexibility index (Phi) is 5.34. The van der Waals surface area contributed by atoms with Gasteiger partial charge in [0.05, 0.1) is 6.10 Å². The topological polar surface area (TPSA) is 78.4 Å². The predicted molar refractivity (Wildman–Crippen MR) is 97.0 cm³/mol. The van der Waals surface area contributed by atoms with Crippen LogP contribution in [-0.2, 0) is 16.0 Å². The summed E-state index contributed by atoms with van der Waals surface area (Å²) in [7, 11) is 0. The van der Waals surface area contributed by atoms with Crippen molar-refractivity contribution < 1.29 is 14.7 Å². The third kappa shape index (κ3) is 4.37. The van der Waals surface area contributed by atoms with E-state index in [4.69, 9.17) is 0 Å². The zero-order valence-corrected chi connectivity index (χ0v) is 14.4. The molecule has 25 heavy (non-hydrogen) atoms. The Hall–Kier alpha value is -2.40. The van der Waals surface area contributed by atoms with E-state index in [1.54, 1.807) is 0 Å². The quantitative estimate of drug-likeness (QED) is 0.719. The minimum absolute atomic E-state index is 0.00438. The third-order valence-electron chi connectivity index (χ3n) is 4.58. The lowest BCUT2D eigenvalue weighted by atomic mass is 10.0. The molecule has 1 aliphatic carbocycles. The highest BCUT2D eigenvalue weighted by atomic mass is 16.3. The van der Waals surface area contributed by atoms with Crippen LogP contribution in [0, 0.1) is 5.92 Å². The molecule has 0 radical (unpaired) electrons. The molecule has 2 aromatic rings. The summed E-state index contributed by atoms with van der Waals surface area (Å²) in [4.78, 5) is 24.2. The summed E-state index contributed by atoms with van der Waals surface area (Å²) >= 11 is 0. The summed E-state index contributed by atoms with van der Waals surface area (Å²) in [6.07, 6.45) is 1.48. The van der Waals surface area contributed by atoms with Crippen molar-refractivity contribution in [1.82, 2.24) is 10.6 Å². The van der Waals surface area contributed by atoms with Gasteiger partial charge in [0.15, 0.2) is 0 Å². The second-order valence-electron chi connectivity index (χ2n) is 6.68. The molecule has 5 heteroatoms. The molecule has 0 aromatic heterocycles. The van der Waals surface area contributed by atoms with E-state index in [1.807, 2.05) is 18.2 Å². The lowest BCUT2D eigenvalue weighted by molar-refractivity contribution is -0.132. The van der Waals surface area contributed by atoms with Gasteiger partial charge < -0.3 is 15.7 Å². The maximum Gasteiger partial charge on any atom is 0.245 e. The van der Waals surface area contributed by atoms with Crippen molar-refractivity contribution in [3.8, 4) is 0 Å². The van der Waals surface area contributed by atoms with Crippen LogP contribution in [0.15, 0.2) is 42.5 Å². The average molecular weight is 340 g/mol. The molecule has 2 amide bonds. The van der Waals surface area contributed by atoms with Crippen LogP contribution in [0.3, 0.4) is 0 Å². The number of hydrogen-bond donors (Lipinski definition) is 3. The van der Waals surface area contributed by atoms with Crippen molar-refractivity contribution in [2.24, 2.45) is 5.92 Å². The van der Waals surface area contributed by atoms with Crippen LogP contribution in [0.25, 0.3) is 10.8 Å². The summed E-state index contributed by atoms with van der Waals surface area (Å²) in [5.74, 6) is -0.482. The van der Waals surface area contributed by atoms with Crippen molar-refractivity contribution in [2.45, 2.75) is 38.3 Å². The van der Waals surface area contributed by atoms with Crippen molar-refractivity contribution in [3.63, 3.8) is 0 Å². The Morgan fingerprint density at radius 2 is 1.88 bits per heavy atom. The van der Waals surface area contributed by atoms with Gasteiger partial charge in [-0.25, -0.2) is 0 Å². The number of benzene rings is 2. The third-order valence-corrected chi connectivity index (χ3v) is 4.58. The fraction of sp³-hybridized carbons (Fsp3) is 0.400. The molecular formula is C20H24N2O3. The Morgan fingerprint density at radius 1 is 1.16 bits per heavy atom. The zero-order valence-electron chi connectivity index (χ0n) is 14.4. The number of rotatable bonds is 7. The Morgan fingerprint density at radius 3 is 2.60 bits per heavy atom. The molecule has 0 bridgehead atoms. The van der Waals surface area contributed by atoms with Crippen molar-refractivity contribution in [3.05, 3.63) is 48.0 Å². The van der Waals surface area contributed by atoms with Crippen LogP contribution in [0.1, 0.15) is 25.3 Å². The normalized spacial score (nSPS) is 16.2. The molecule has 132 valence electrons. The lowest BCUT2D eigenvalue weighted by Gasteiger charge is -2.21. The average Bonchev–Trinajstić information content (AvgIpc) is 3.44. The molecule has 5 nitrogen and oxygen atoms in total. The number of fused-ring (bicyclic) bond motifs is 1. The van der Waals surface area contributed by atoms with Gasteiger partial charge in [0.2, 0.25) is 11.8 Å². The SMILES string of the molecule is CC(O)C(NC(=O)C1CC1)C(=O)NCCc1cccc2ccccc12. The van der Waals surface area contributed by atoms with E-state index in [2.05, 4.69) is 34.9 Å². The molecule has 2 unspecified atom stereocenters. The molecular weight excluding hydrogens is 316 g/mol. The molecule has 3 rings (SSSR count). The van der Waals surface area contributed by atoms with Crippen molar-refractivity contribution >= 4 is 22.6 Å². The van der Waals surface area contributed by atoms with Gasteiger partial charge in [-0.05, 0) is 42.5 Å². The van der Waals surface area contributed by atoms with E-state index < -0.39 is 12.1 Å². The van der Waals surface area contributed by atoms with Gasteiger partial charge in [-0.2, -0.15) is 0 Å². The maximum absolute atomic E-state index is 12.3. The largest absolute Gasteiger partial charge is 0.391 e. The minimum Gasteiger partial charge on any atom is -0.391 e. The minimum atomic E-state index is -0.930. The molecule has 3 N–H and O–H groups in total. The van der Waals surface area contributed by atoms with E-state index in [0.29, 0.717) is 13.0 Å². The number of aliphatic hydroxyl groups is 1. The van der Waals surface area contributed by atoms with Gasteiger partial charge in [0, 0.05) is 12.5 Å². The van der Waals surface area contributed by atoms with Crippen LogP contribution in [0.2, 0.25) is 0 Å². The van der Waals surface area contributed by atoms with Gasteiger partial charge in [-0.1, -0.05) is 42.5 Å². The first-order valence-electron chi connectivity index (χ1n) is 8.79. The second-order valence-corrected chi connectivity index (χ2v) is 6.68.